The molecular weight excluding hydrogens is 1200 g/mol. The molecule has 0 aromatic heterocycles. The maximum Gasteiger partial charge on any atom is 0.302 e. The molecule has 476 valence electrons. The number of hydrogen-bond acceptors (Lipinski definition) is 22. The molecule has 0 spiro atoms. The van der Waals surface area contributed by atoms with Crippen molar-refractivity contribution >= 4 is 28.6 Å². The zero-order valence-corrected chi connectivity index (χ0v) is 51.7. The zero-order chi connectivity index (χ0) is 59.1. The van der Waals surface area contributed by atoms with Crippen LogP contribution in [0.2, 0.25) is 0 Å². The Bertz CT molecular complexity index is 1760. The SMILES string of the molecule is C#CCO[C@H]1OCCC1I.C1=COCC1.C=C1CO[C@H]2OCCC12.CC.CC(=O)O[C@H]1CO[C@H]2OCCC21.C[C@@H]1CO[C@@H]2OCC[C@@H]21.C[C@H]1CO[C@H]2OCC[C@H]21.OC1CO[C@H]2OCCC12.O[C@@H]1CO[C@@H]2OCC[C@@H]21.O[C@H]1CO[C@H]2OCC[C@H]21. The highest BCUT2D eigenvalue weighted by atomic mass is 127. The van der Waals surface area contributed by atoms with Crippen LogP contribution < -0.4 is 0 Å². The van der Waals surface area contributed by atoms with E-state index in [2.05, 4.69) is 48.9 Å². The third-order valence-electron chi connectivity index (χ3n) is 16.9. The van der Waals surface area contributed by atoms with E-state index < -0.39 is 0 Å². The second kappa shape index (κ2) is 36.7. The summed E-state index contributed by atoms with van der Waals surface area (Å²) in [6, 6.07) is 0. The highest BCUT2D eigenvalue weighted by Crippen LogP contribution is 2.38. The van der Waals surface area contributed by atoms with Crippen LogP contribution in [0.3, 0.4) is 0 Å². The van der Waals surface area contributed by atoms with Crippen molar-refractivity contribution < 1.29 is 105 Å². The fraction of sp³-hybridized carbons (Fsp3) is 0.883. The normalized spacial score (nSPS) is 42.2. The van der Waals surface area contributed by atoms with Gasteiger partial charge in [0.1, 0.15) is 12.7 Å². The van der Waals surface area contributed by atoms with Gasteiger partial charge in [0.15, 0.2) is 50.3 Å². The van der Waals surface area contributed by atoms with Gasteiger partial charge in [0.2, 0.25) is 0 Å². The van der Waals surface area contributed by atoms with Crippen LogP contribution in [0, 0.1) is 65.6 Å². The van der Waals surface area contributed by atoms with E-state index in [-0.39, 0.29) is 104 Å². The van der Waals surface area contributed by atoms with E-state index in [1.807, 2.05) is 19.9 Å². The van der Waals surface area contributed by atoms with Gasteiger partial charge in [0, 0.05) is 48.9 Å². The van der Waals surface area contributed by atoms with E-state index in [1.54, 1.807) is 6.26 Å². The standard InChI is InChI=1S/C8H12O4.C7H9IO2.2C7H12O2.C7H10O2.3C6H10O3.C4H6O.C2H6/c1-5(9)12-7-4-11-8-6(7)2-3-10-8;1-2-4-9-7-6(8)3-5-10-7;3*1-5-4-9-7-6(5)2-3-8-7;3*7-5-3-9-6-4(5)1-2-8-6;1-2-4-5-3-1;1-2/h6-8H,2-4H2,1H3;1,6-7H,3-5H2;2*5-7H,2-4H2,1H3;6-7H,1-4H2;3*4-7H,1-3H2;1,3H,2,4H2;1-2H3/t6?,7-,8+;6?,7-;2*5-,6-,7+;6?,7-;4?,5?,6-;2*4-,5-,6+;;/m00101110../s1. The number of alkyl halides is 1. The first-order valence-corrected chi connectivity index (χ1v) is 31.7. The molecule has 83 heavy (non-hydrogen) atoms. The molecule has 16 rings (SSSR count). The molecule has 3 N–H and O–H groups in total. The average Bonchev–Trinajstić information content (AvgIpc) is 4.38. The van der Waals surface area contributed by atoms with E-state index in [0.29, 0.717) is 67.9 Å². The lowest BCUT2D eigenvalue weighted by Crippen LogP contribution is -2.25. The second-order valence-corrected chi connectivity index (χ2v) is 24.2. The summed E-state index contributed by atoms with van der Waals surface area (Å²) in [5.41, 5.74) is 1.21. The minimum absolute atomic E-state index is 0.0532. The monoisotopic (exact) mass is 1300 g/mol. The topological polar surface area (TPSA) is 244 Å². The van der Waals surface area contributed by atoms with Crippen molar-refractivity contribution in [2.45, 2.75) is 171 Å². The smallest absolute Gasteiger partial charge is 0.302 e. The third-order valence-corrected chi connectivity index (χ3v) is 18.1. The van der Waals surface area contributed by atoms with Crippen molar-refractivity contribution in [3.8, 4) is 12.3 Å². The van der Waals surface area contributed by atoms with Crippen molar-refractivity contribution in [2.75, 3.05) is 112 Å². The lowest BCUT2D eigenvalue weighted by atomic mass is 9.96. The minimum atomic E-state index is -0.280. The minimum Gasteiger partial charge on any atom is -0.501 e. The number of fused-ring (bicyclic) bond motifs is 7. The summed E-state index contributed by atoms with van der Waals surface area (Å²) in [5, 5.41) is 27.6. The molecule has 23 heteroatoms. The Morgan fingerprint density at radius 3 is 1.35 bits per heavy atom. The summed E-state index contributed by atoms with van der Waals surface area (Å²) < 4.78 is 94.1. The summed E-state index contributed by atoms with van der Waals surface area (Å²) in [5.74, 6) is 6.53. The molecule has 16 aliphatic heterocycles. The van der Waals surface area contributed by atoms with Gasteiger partial charge in [0.05, 0.1) is 140 Å². The maximum atomic E-state index is 10.7. The molecule has 0 aromatic rings. The summed E-state index contributed by atoms with van der Waals surface area (Å²) in [7, 11) is 0. The summed E-state index contributed by atoms with van der Waals surface area (Å²) in [4.78, 5) is 10.7. The second-order valence-electron chi connectivity index (χ2n) is 22.6. The third kappa shape index (κ3) is 20.7. The summed E-state index contributed by atoms with van der Waals surface area (Å²) >= 11 is 2.32. The fourth-order valence-corrected chi connectivity index (χ4v) is 12.7. The molecular formula is C60H97IO22. The maximum absolute atomic E-state index is 10.7. The molecule has 0 radical (unpaired) electrons. The van der Waals surface area contributed by atoms with Crippen LogP contribution in [0.5, 0.6) is 0 Å². The number of rotatable bonds is 3. The van der Waals surface area contributed by atoms with Gasteiger partial charge in [-0.1, -0.05) is 62.8 Å². The van der Waals surface area contributed by atoms with Gasteiger partial charge in [-0.05, 0) is 74.9 Å². The Morgan fingerprint density at radius 1 is 0.554 bits per heavy atom. The van der Waals surface area contributed by atoms with Crippen LogP contribution in [-0.2, 0) is 90.1 Å². The number of esters is 1. The predicted molar refractivity (Wildman–Crippen MR) is 306 cm³/mol. The lowest BCUT2D eigenvalue weighted by Gasteiger charge is -2.13. The molecule has 22 atom stereocenters. The number of halogens is 1. The Balaban J connectivity index is 0.000000134. The number of hydrogen-bond donors (Lipinski definition) is 3. The fourth-order valence-electron chi connectivity index (χ4n) is 12.0. The number of terminal acetylenes is 1. The zero-order valence-electron chi connectivity index (χ0n) is 49.5. The van der Waals surface area contributed by atoms with Gasteiger partial charge in [-0.25, -0.2) is 0 Å². The predicted octanol–water partition coefficient (Wildman–Crippen LogP) is 5.63. The molecule has 15 fully saturated rings. The van der Waals surface area contributed by atoms with E-state index in [4.69, 9.17) is 91.7 Å². The van der Waals surface area contributed by atoms with Crippen LogP contribution in [0.15, 0.2) is 24.5 Å². The molecule has 22 nitrogen and oxygen atoms in total. The van der Waals surface area contributed by atoms with E-state index >= 15 is 0 Å². The van der Waals surface area contributed by atoms with Crippen LogP contribution >= 0.6 is 22.6 Å². The first-order chi connectivity index (χ1) is 40.4. The van der Waals surface area contributed by atoms with Crippen LogP contribution in [0.4, 0.5) is 0 Å². The van der Waals surface area contributed by atoms with Crippen molar-refractivity contribution in [1.29, 1.82) is 0 Å². The molecule has 0 amide bonds. The van der Waals surface area contributed by atoms with Crippen LogP contribution in [0.25, 0.3) is 0 Å². The Hall–Kier alpha value is -1.72. The molecule has 0 aromatic carbocycles. The van der Waals surface area contributed by atoms with Crippen LogP contribution in [-0.4, -0.2) is 212 Å². The van der Waals surface area contributed by atoms with Gasteiger partial charge >= 0.3 is 5.97 Å². The van der Waals surface area contributed by atoms with Gasteiger partial charge in [0.25, 0.3) is 0 Å². The number of carbonyl (C=O) groups excluding carboxylic acids is 1. The van der Waals surface area contributed by atoms with Crippen molar-refractivity contribution in [3.05, 3.63) is 24.5 Å². The van der Waals surface area contributed by atoms with Gasteiger partial charge in [-0.2, -0.15) is 0 Å². The first-order valence-electron chi connectivity index (χ1n) is 30.5. The number of ether oxygens (including phenoxy) is 18. The number of aliphatic hydroxyl groups is 3. The van der Waals surface area contributed by atoms with Gasteiger partial charge in [-0.15, -0.1) is 6.42 Å². The highest BCUT2D eigenvalue weighted by molar-refractivity contribution is 14.1. The van der Waals surface area contributed by atoms with Gasteiger partial charge in [-0.3, -0.25) is 4.79 Å². The van der Waals surface area contributed by atoms with Crippen molar-refractivity contribution in [2.24, 2.45) is 53.3 Å². The Morgan fingerprint density at radius 2 is 0.964 bits per heavy atom. The Labute approximate surface area is 505 Å². The molecule has 16 heterocycles. The quantitative estimate of drug-likeness (QED) is 0.102. The number of aliphatic hydroxyl groups excluding tert-OH is 3. The Kier molecular flexibility index (Phi) is 30.4. The van der Waals surface area contributed by atoms with Crippen LogP contribution in [0.1, 0.15) is 92.4 Å². The molecule has 5 unspecified atom stereocenters. The average molecular weight is 1300 g/mol. The first kappa shape index (κ1) is 68.8. The highest BCUT2D eigenvalue weighted by Gasteiger charge is 2.45. The molecule has 15 saturated heterocycles. The molecule has 0 bridgehead atoms. The lowest BCUT2D eigenvalue weighted by molar-refractivity contribution is -0.147. The van der Waals surface area contributed by atoms with E-state index in [9.17, 15) is 20.1 Å². The number of carbonyl (C=O) groups is 1. The molecule has 16 aliphatic rings. The summed E-state index contributed by atoms with van der Waals surface area (Å²) in [6.07, 6.45) is 17.2. The van der Waals surface area contributed by atoms with Gasteiger partial charge < -0.3 is 101 Å². The van der Waals surface area contributed by atoms with E-state index in [1.165, 1.54) is 25.3 Å². The molecule has 0 aliphatic carbocycles. The van der Waals surface area contributed by atoms with E-state index in [0.717, 1.165) is 123 Å². The van der Waals surface area contributed by atoms with Crippen molar-refractivity contribution in [3.63, 3.8) is 0 Å². The molecule has 0 saturated carbocycles. The largest absolute Gasteiger partial charge is 0.501 e. The summed E-state index contributed by atoms with van der Waals surface area (Å²) in [6.45, 7) is 25.7. The van der Waals surface area contributed by atoms with Crippen molar-refractivity contribution in [1.82, 2.24) is 0 Å².